The Kier molecular flexibility index (Phi) is 4.34. The Labute approximate surface area is 148 Å². The van der Waals surface area contributed by atoms with Gasteiger partial charge in [0, 0.05) is 44.0 Å². The first kappa shape index (κ1) is 16.3. The van der Waals surface area contributed by atoms with Crippen LogP contribution in [0.2, 0.25) is 0 Å². The highest BCUT2D eigenvalue weighted by atomic mass is 16.3. The molecule has 0 atom stereocenters. The van der Waals surface area contributed by atoms with Gasteiger partial charge in [-0.1, -0.05) is 6.07 Å². The maximum absolute atomic E-state index is 12.5. The molecule has 0 N–H and O–H groups in total. The number of likely N-dealkylation sites (tertiary alicyclic amines) is 2. The van der Waals surface area contributed by atoms with E-state index in [2.05, 4.69) is 26.9 Å². The number of aryl methyl sites for hydroxylation is 1. The molecule has 4 heterocycles. The molecule has 1 spiro atoms. The fraction of sp³-hybridized carbons (Fsp3) is 0.500. The van der Waals surface area contributed by atoms with E-state index >= 15 is 0 Å². The summed E-state index contributed by atoms with van der Waals surface area (Å²) in [5.41, 5.74) is 1.15. The second-order valence-corrected chi connectivity index (χ2v) is 7.35. The summed E-state index contributed by atoms with van der Waals surface area (Å²) in [6.45, 7) is 5.55. The van der Waals surface area contributed by atoms with Crippen LogP contribution < -0.4 is 0 Å². The van der Waals surface area contributed by atoms with Crippen LogP contribution in [0.1, 0.15) is 42.8 Å². The number of pyridine rings is 1. The quantitative estimate of drug-likeness (QED) is 0.859. The number of carbonyl (C=O) groups is 1. The lowest BCUT2D eigenvalue weighted by Gasteiger charge is -2.45. The van der Waals surface area contributed by atoms with Crippen LogP contribution in [0.15, 0.2) is 41.1 Å². The van der Waals surface area contributed by atoms with E-state index in [1.807, 2.05) is 25.3 Å². The third kappa shape index (κ3) is 3.33. The lowest BCUT2D eigenvalue weighted by Crippen LogP contribution is -2.52. The predicted octanol–water partition coefficient (Wildman–Crippen LogP) is 3.14. The summed E-state index contributed by atoms with van der Waals surface area (Å²) in [7, 11) is 0. The van der Waals surface area contributed by atoms with Crippen molar-refractivity contribution >= 4 is 5.91 Å². The lowest BCUT2D eigenvalue weighted by molar-refractivity contribution is -0.133. The molecule has 0 radical (unpaired) electrons. The van der Waals surface area contributed by atoms with Crippen LogP contribution in [0.3, 0.4) is 0 Å². The third-order valence-corrected chi connectivity index (χ3v) is 5.70. The van der Waals surface area contributed by atoms with Crippen molar-refractivity contribution in [1.82, 2.24) is 14.8 Å². The van der Waals surface area contributed by atoms with Gasteiger partial charge in [0.15, 0.2) is 0 Å². The van der Waals surface area contributed by atoms with Crippen LogP contribution in [0, 0.1) is 6.92 Å². The van der Waals surface area contributed by atoms with Gasteiger partial charge in [-0.3, -0.25) is 14.7 Å². The molecular formula is C20H25N3O2. The monoisotopic (exact) mass is 339 g/mol. The van der Waals surface area contributed by atoms with Gasteiger partial charge >= 0.3 is 0 Å². The highest BCUT2D eigenvalue weighted by molar-refractivity contribution is 5.79. The van der Waals surface area contributed by atoms with Crippen LogP contribution in [-0.2, 0) is 17.9 Å². The minimum Gasteiger partial charge on any atom is -0.465 e. The molecule has 25 heavy (non-hydrogen) atoms. The van der Waals surface area contributed by atoms with Gasteiger partial charge in [-0.05, 0) is 49.9 Å². The van der Waals surface area contributed by atoms with Crippen LogP contribution in [-0.4, -0.2) is 39.3 Å². The van der Waals surface area contributed by atoms with Crippen molar-refractivity contribution in [2.45, 2.75) is 51.2 Å². The largest absolute Gasteiger partial charge is 0.465 e. The number of rotatable bonds is 4. The summed E-state index contributed by atoms with van der Waals surface area (Å²) in [5.74, 6) is 2.29. The van der Waals surface area contributed by atoms with Crippen LogP contribution in [0.4, 0.5) is 0 Å². The van der Waals surface area contributed by atoms with Crippen molar-refractivity contribution in [3.8, 4) is 0 Å². The SMILES string of the molecule is Cc1ccc(CN2CCC3(CCC(=O)N3Cc3cccnc3)CC2)o1. The van der Waals surface area contributed by atoms with Crippen LogP contribution >= 0.6 is 0 Å². The molecule has 5 nitrogen and oxygen atoms in total. The number of furan rings is 1. The van der Waals surface area contributed by atoms with E-state index in [4.69, 9.17) is 4.42 Å². The van der Waals surface area contributed by atoms with Crippen molar-refractivity contribution < 1.29 is 9.21 Å². The van der Waals surface area contributed by atoms with E-state index in [1.165, 1.54) is 0 Å². The average molecular weight is 339 g/mol. The number of nitrogens with zero attached hydrogens (tertiary/aromatic N) is 3. The van der Waals surface area contributed by atoms with Gasteiger partial charge in [0.2, 0.25) is 5.91 Å². The van der Waals surface area contributed by atoms with E-state index in [1.54, 1.807) is 6.20 Å². The summed E-state index contributed by atoms with van der Waals surface area (Å²) >= 11 is 0. The molecule has 132 valence electrons. The van der Waals surface area contributed by atoms with Gasteiger partial charge in [-0.15, -0.1) is 0 Å². The Morgan fingerprint density at radius 1 is 1.16 bits per heavy atom. The number of piperidine rings is 1. The molecule has 2 aromatic rings. The summed E-state index contributed by atoms with van der Waals surface area (Å²) in [6.07, 6.45) is 7.39. The normalized spacial score (nSPS) is 20.5. The number of hydrogen-bond acceptors (Lipinski definition) is 4. The van der Waals surface area contributed by atoms with Gasteiger partial charge in [0.1, 0.15) is 11.5 Å². The minimum absolute atomic E-state index is 0.0303. The molecule has 0 aliphatic carbocycles. The molecule has 2 aliphatic heterocycles. The smallest absolute Gasteiger partial charge is 0.223 e. The molecule has 0 unspecified atom stereocenters. The Balaban J connectivity index is 1.42. The molecule has 0 bridgehead atoms. The molecule has 2 saturated heterocycles. The minimum atomic E-state index is 0.0303. The Hall–Kier alpha value is -2.14. The highest BCUT2D eigenvalue weighted by Gasteiger charge is 2.46. The first-order chi connectivity index (χ1) is 12.1. The zero-order valence-electron chi connectivity index (χ0n) is 14.8. The summed E-state index contributed by atoms with van der Waals surface area (Å²) < 4.78 is 5.71. The predicted molar refractivity (Wildman–Crippen MR) is 94.7 cm³/mol. The fourth-order valence-electron chi connectivity index (χ4n) is 4.24. The standard InChI is InChI=1S/C20H25N3O2/c1-16-4-5-18(25-16)15-22-11-8-20(9-12-22)7-6-19(24)23(20)14-17-3-2-10-21-13-17/h2-5,10,13H,6-9,11-12,14-15H2,1H3. The lowest BCUT2D eigenvalue weighted by atomic mass is 9.84. The molecule has 2 fully saturated rings. The zero-order chi connectivity index (χ0) is 17.3. The number of amides is 1. The second-order valence-electron chi connectivity index (χ2n) is 7.35. The van der Waals surface area contributed by atoms with E-state index in [-0.39, 0.29) is 5.54 Å². The second kappa shape index (κ2) is 6.64. The maximum atomic E-state index is 12.5. The Morgan fingerprint density at radius 2 is 2.00 bits per heavy atom. The molecule has 1 amide bonds. The van der Waals surface area contributed by atoms with Gasteiger partial charge < -0.3 is 9.32 Å². The first-order valence-corrected chi connectivity index (χ1v) is 9.12. The molecule has 5 heteroatoms. The molecule has 0 aromatic carbocycles. The number of hydrogen-bond donors (Lipinski definition) is 0. The average Bonchev–Trinajstić information content (AvgIpc) is 3.17. The molecule has 2 aromatic heterocycles. The van der Waals surface area contributed by atoms with Crippen LogP contribution in [0.25, 0.3) is 0 Å². The maximum Gasteiger partial charge on any atom is 0.223 e. The zero-order valence-corrected chi connectivity index (χ0v) is 14.8. The highest BCUT2D eigenvalue weighted by Crippen LogP contribution is 2.40. The first-order valence-electron chi connectivity index (χ1n) is 9.12. The summed E-state index contributed by atoms with van der Waals surface area (Å²) in [5, 5.41) is 0. The topological polar surface area (TPSA) is 49.6 Å². The van der Waals surface area contributed by atoms with E-state index < -0.39 is 0 Å². The van der Waals surface area contributed by atoms with Crippen LogP contribution in [0.5, 0.6) is 0 Å². The molecule has 4 rings (SSSR count). The third-order valence-electron chi connectivity index (χ3n) is 5.70. The van der Waals surface area contributed by atoms with Gasteiger partial charge in [-0.25, -0.2) is 0 Å². The Morgan fingerprint density at radius 3 is 2.68 bits per heavy atom. The fourth-order valence-corrected chi connectivity index (χ4v) is 4.24. The van der Waals surface area contributed by atoms with Crippen molar-refractivity contribution in [3.05, 3.63) is 53.7 Å². The van der Waals surface area contributed by atoms with Gasteiger partial charge in [-0.2, -0.15) is 0 Å². The van der Waals surface area contributed by atoms with Crippen molar-refractivity contribution in [2.24, 2.45) is 0 Å². The molecule has 2 aliphatic rings. The van der Waals surface area contributed by atoms with E-state index in [0.717, 1.165) is 56.0 Å². The van der Waals surface area contributed by atoms with E-state index in [9.17, 15) is 4.79 Å². The van der Waals surface area contributed by atoms with E-state index in [0.29, 0.717) is 18.9 Å². The Bertz CT molecular complexity index is 732. The van der Waals surface area contributed by atoms with Gasteiger partial charge in [0.25, 0.3) is 0 Å². The molecule has 0 saturated carbocycles. The van der Waals surface area contributed by atoms with Gasteiger partial charge in [0.05, 0.1) is 6.54 Å². The number of aromatic nitrogens is 1. The summed E-state index contributed by atoms with van der Waals surface area (Å²) in [4.78, 5) is 21.3. The number of carbonyl (C=O) groups excluding carboxylic acids is 1. The summed E-state index contributed by atoms with van der Waals surface area (Å²) in [6, 6.07) is 8.08. The van der Waals surface area contributed by atoms with Crippen molar-refractivity contribution in [3.63, 3.8) is 0 Å². The van der Waals surface area contributed by atoms with Crippen molar-refractivity contribution in [2.75, 3.05) is 13.1 Å². The molecular weight excluding hydrogens is 314 g/mol. The van der Waals surface area contributed by atoms with Crippen molar-refractivity contribution in [1.29, 1.82) is 0 Å².